The van der Waals surface area contributed by atoms with Crippen LogP contribution in [0.5, 0.6) is 0 Å². The van der Waals surface area contributed by atoms with Crippen molar-refractivity contribution in [1.29, 1.82) is 0 Å². The van der Waals surface area contributed by atoms with Crippen molar-refractivity contribution < 1.29 is 19.4 Å². The molecule has 86 valence electrons. The first-order chi connectivity index (χ1) is 7.09. The molecule has 2 atom stereocenters. The summed E-state index contributed by atoms with van der Waals surface area (Å²) in [5.74, 6) is -0.440. The van der Waals surface area contributed by atoms with Gasteiger partial charge >= 0.3 is 12.0 Å². The minimum atomic E-state index is -1.01. The molecular formula is C9H16N2O4. The molecule has 0 aliphatic heterocycles. The lowest BCUT2D eigenvalue weighted by molar-refractivity contribution is -0.142. The minimum absolute atomic E-state index is 0.208. The Bertz CT molecular complexity index is 244. The molecule has 0 aromatic heterocycles. The van der Waals surface area contributed by atoms with Gasteiger partial charge in [0.2, 0.25) is 0 Å². The van der Waals surface area contributed by atoms with Gasteiger partial charge in [-0.2, -0.15) is 0 Å². The van der Waals surface area contributed by atoms with Gasteiger partial charge in [0.15, 0.2) is 0 Å². The summed E-state index contributed by atoms with van der Waals surface area (Å²) in [6.07, 6.45) is 1.03. The first-order valence-corrected chi connectivity index (χ1v) is 4.93. The van der Waals surface area contributed by atoms with Crippen molar-refractivity contribution in [3.05, 3.63) is 0 Å². The number of carboxylic acids is 1. The average Bonchev–Trinajstić information content (AvgIpc) is 2.80. The second-order valence-corrected chi connectivity index (χ2v) is 3.67. The minimum Gasteiger partial charge on any atom is -0.480 e. The molecule has 15 heavy (non-hydrogen) atoms. The second-order valence-electron chi connectivity index (χ2n) is 3.67. The molecule has 0 heterocycles. The highest BCUT2D eigenvalue weighted by Crippen LogP contribution is 2.28. The maximum Gasteiger partial charge on any atom is 0.329 e. The van der Waals surface area contributed by atoms with E-state index in [4.69, 9.17) is 9.84 Å². The molecule has 0 aromatic carbocycles. The molecule has 1 rings (SSSR count). The van der Waals surface area contributed by atoms with Gasteiger partial charge < -0.3 is 20.5 Å². The Morgan fingerprint density at radius 2 is 2.20 bits per heavy atom. The second kappa shape index (κ2) is 5.55. The lowest BCUT2D eigenvalue weighted by Crippen LogP contribution is -2.39. The molecule has 1 saturated carbocycles. The van der Waals surface area contributed by atoms with E-state index < -0.39 is 5.97 Å². The van der Waals surface area contributed by atoms with E-state index in [9.17, 15) is 9.59 Å². The van der Waals surface area contributed by atoms with Crippen LogP contribution >= 0.6 is 0 Å². The summed E-state index contributed by atoms with van der Waals surface area (Å²) in [7, 11) is 0. The molecule has 3 N–H and O–H groups in total. The summed E-state index contributed by atoms with van der Waals surface area (Å²) in [6, 6.07) is 0.0770. The Balaban J connectivity index is 1.90. The Morgan fingerprint density at radius 1 is 1.53 bits per heavy atom. The zero-order valence-electron chi connectivity index (χ0n) is 8.66. The number of aliphatic carboxylic acids is 1. The van der Waals surface area contributed by atoms with Crippen molar-refractivity contribution in [2.75, 3.05) is 19.8 Å². The largest absolute Gasteiger partial charge is 0.480 e. The third-order valence-electron chi connectivity index (χ3n) is 2.18. The number of ether oxygens (including phenoxy) is 1. The maximum atomic E-state index is 11.1. The van der Waals surface area contributed by atoms with Crippen LogP contribution in [0.3, 0.4) is 0 Å². The quantitative estimate of drug-likeness (QED) is 0.536. The van der Waals surface area contributed by atoms with E-state index in [0.29, 0.717) is 18.5 Å². The summed E-state index contributed by atoms with van der Waals surface area (Å²) in [4.78, 5) is 21.2. The van der Waals surface area contributed by atoms with Crippen LogP contribution < -0.4 is 10.6 Å². The monoisotopic (exact) mass is 216 g/mol. The van der Waals surface area contributed by atoms with Crippen molar-refractivity contribution >= 4 is 12.0 Å². The zero-order valence-corrected chi connectivity index (χ0v) is 8.66. The number of carbonyl (C=O) groups is 2. The topological polar surface area (TPSA) is 87.7 Å². The van der Waals surface area contributed by atoms with Crippen molar-refractivity contribution in [1.82, 2.24) is 10.6 Å². The van der Waals surface area contributed by atoms with E-state index >= 15 is 0 Å². The SMILES string of the molecule is CC1CC1NC(=O)NCCOCC(=O)O. The summed E-state index contributed by atoms with van der Waals surface area (Å²) < 4.78 is 4.75. The fourth-order valence-electron chi connectivity index (χ4n) is 1.14. The Labute approximate surface area is 88.0 Å². The number of rotatable bonds is 6. The highest BCUT2D eigenvalue weighted by molar-refractivity contribution is 5.74. The number of hydrogen-bond donors (Lipinski definition) is 3. The van der Waals surface area contributed by atoms with Gasteiger partial charge in [-0.1, -0.05) is 6.92 Å². The molecule has 0 aromatic rings. The Hall–Kier alpha value is -1.30. The third kappa shape index (κ3) is 5.21. The van der Waals surface area contributed by atoms with E-state index in [1.165, 1.54) is 0 Å². The van der Waals surface area contributed by atoms with Gasteiger partial charge in [-0.05, 0) is 12.3 Å². The van der Waals surface area contributed by atoms with Gasteiger partial charge in [-0.15, -0.1) is 0 Å². The van der Waals surface area contributed by atoms with Gasteiger partial charge in [0, 0.05) is 12.6 Å². The van der Waals surface area contributed by atoms with E-state index in [-0.39, 0.29) is 19.2 Å². The standard InChI is InChI=1S/C9H16N2O4/c1-6-4-7(6)11-9(14)10-2-3-15-5-8(12)13/h6-7H,2-5H2,1H3,(H,12,13)(H2,10,11,14). The highest BCUT2D eigenvalue weighted by atomic mass is 16.5. The van der Waals surface area contributed by atoms with Gasteiger partial charge in [0.05, 0.1) is 6.61 Å². The van der Waals surface area contributed by atoms with Crippen molar-refractivity contribution in [3.8, 4) is 0 Å². The number of hydrogen-bond acceptors (Lipinski definition) is 3. The van der Waals surface area contributed by atoms with E-state index in [1.807, 2.05) is 0 Å². The first-order valence-electron chi connectivity index (χ1n) is 4.93. The lowest BCUT2D eigenvalue weighted by atomic mass is 10.5. The molecule has 1 fully saturated rings. The molecule has 2 unspecified atom stereocenters. The van der Waals surface area contributed by atoms with Crippen LogP contribution in [-0.4, -0.2) is 42.9 Å². The predicted octanol–water partition coefficient (Wildman–Crippen LogP) is -0.205. The zero-order chi connectivity index (χ0) is 11.3. The number of nitrogens with one attached hydrogen (secondary N) is 2. The molecule has 6 heteroatoms. The van der Waals surface area contributed by atoms with Crippen LogP contribution in [-0.2, 0) is 9.53 Å². The molecule has 0 radical (unpaired) electrons. The number of carboxylic acid groups (broad SMARTS) is 1. The number of carbonyl (C=O) groups excluding carboxylic acids is 1. The van der Waals surface area contributed by atoms with Crippen LogP contribution in [0.15, 0.2) is 0 Å². The van der Waals surface area contributed by atoms with Gasteiger partial charge in [0.1, 0.15) is 6.61 Å². The summed E-state index contributed by atoms with van der Waals surface area (Å²) >= 11 is 0. The van der Waals surface area contributed by atoms with Crippen LogP contribution in [0.25, 0.3) is 0 Å². The Kier molecular flexibility index (Phi) is 4.36. The van der Waals surface area contributed by atoms with Crippen LogP contribution in [0.2, 0.25) is 0 Å². The molecule has 2 amide bonds. The molecule has 1 aliphatic carbocycles. The normalized spacial score (nSPS) is 23.3. The van der Waals surface area contributed by atoms with Gasteiger partial charge in [-0.25, -0.2) is 9.59 Å². The van der Waals surface area contributed by atoms with Crippen molar-refractivity contribution in [3.63, 3.8) is 0 Å². The molecular weight excluding hydrogens is 200 g/mol. The summed E-state index contributed by atoms with van der Waals surface area (Å²) in [5.41, 5.74) is 0. The molecule has 0 bridgehead atoms. The smallest absolute Gasteiger partial charge is 0.329 e. The molecule has 6 nitrogen and oxygen atoms in total. The van der Waals surface area contributed by atoms with Gasteiger partial charge in [-0.3, -0.25) is 0 Å². The van der Waals surface area contributed by atoms with E-state index in [2.05, 4.69) is 17.6 Å². The third-order valence-corrected chi connectivity index (χ3v) is 2.18. The fourth-order valence-corrected chi connectivity index (χ4v) is 1.14. The van der Waals surface area contributed by atoms with Crippen LogP contribution in [0.1, 0.15) is 13.3 Å². The number of amides is 2. The van der Waals surface area contributed by atoms with Crippen molar-refractivity contribution in [2.24, 2.45) is 5.92 Å². The van der Waals surface area contributed by atoms with Crippen molar-refractivity contribution in [2.45, 2.75) is 19.4 Å². The van der Waals surface area contributed by atoms with E-state index in [0.717, 1.165) is 6.42 Å². The van der Waals surface area contributed by atoms with Gasteiger partial charge in [0.25, 0.3) is 0 Å². The van der Waals surface area contributed by atoms with Crippen LogP contribution in [0, 0.1) is 5.92 Å². The fraction of sp³-hybridized carbons (Fsp3) is 0.778. The van der Waals surface area contributed by atoms with Crippen LogP contribution in [0.4, 0.5) is 4.79 Å². The molecule has 0 saturated heterocycles. The average molecular weight is 216 g/mol. The lowest BCUT2D eigenvalue weighted by Gasteiger charge is -2.06. The highest BCUT2D eigenvalue weighted by Gasteiger charge is 2.33. The Morgan fingerprint density at radius 3 is 2.73 bits per heavy atom. The molecule has 1 aliphatic rings. The maximum absolute atomic E-state index is 11.1. The summed E-state index contributed by atoms with van der Waals surface area (Å²) in [5, 5.41) is 13.6. The molecule has 0 spiro atoms. The van der Waals surface area contributed by atoms with E-state index in [1.54, 1.807) is 0 Å². The predicted molar refractivity (Wildman–Crippen MR) is 52.6 cm³/mol. The number of urea groups is 1. The first kappa shape index (κ1) is 11.8. The summed E-state index contributed by atoms with van der Waals surface area (Å²) in [6.45, 7) is 2.27.